The van der Waals surface area contributed by atoms with Crippen molar-refractivity contribution in [2.24, 2.45) is 5.92 Å². The van der Waals surface area contributed by atoms with Gasteiger partial charge in [-0.1, -0.05) is 32.0 Å². The van der Waals surface area contributed by atoms with Gasteiger partial charge in [-0.2, -0.15) is 0 Å². The molecule has 0 aliphatic rings. The summed E-state index contributed by atoms with van der Waals surface area (Å²) in [7, 11) is 0. The third-order valence-electron chi connectivity index (χ3n) is 3.53. The third-order valence-corrected chi connectivity index (χ3v) is 3.53. The second-order valence-electron chi connectivity index (χ2n) is 5.91. The van der Waals surface area contributed by atoms with Crippen molar-refractivity contribution in [3.63, 3.8) is 0 Å². The molecule has 0 saturated carbocycles. The molecule has 0 spiro atoms. The monoisotopic (exact) mass is 351 g/mol. The van der Waals surface area contributed by atoms with Crippen molar-refractivity contribution >= 4 is 23.5 Å². The summed E-state index contributed by atoms with van der Waals surface area (Å²) in [5.74, 6) is -2.66. The van der Waals surface area contributed by atoms with Crippen LogP contribution in [-0.2, 0) is 20.8 Å². The van der Waals surface area contributed by atoms with E-state index in [1.54, 1.807) is 19.9 Å². The van der Waals surface area contributed by atoms with Gasteiger partial charge in [0.2, 0.25) is 11.8 Å². The van der Waals surface area contributed by atoms with Crippen LogP contribution in [0.3, 0.4) is 0 Å². The quantitative estimate of drug-likeness (QED) is 0.469. The van der Waals surface area contributed by atoms with Crippen LogP contribution in [0.2, 0.25) is 0 Å². The van der Waals surface area contributed by atoms with Crippen LogP contribution in [0.15, 0.2) is 24.3 Å². The van der Waals surface area contributed by atoms with Crippen molar-refractivity contribution in [3.05, 3.63) is 39.9 Å². The molecule has 0 fully saturated rings. The van der Waals surface area contributed by atoms with Crippen molar-refractivity contribution in [1.82, 2.24) is 10.6 Å². The molecule has 3 N–H and O–H groups in total. The maximum Gasteiger partial charge on any atom is 0.326 e. The average molecular weight is 351 g/mol. The van der Waals surface area contributed by atoms with Gasteiger partial charge in [0.15, 0.2) is 0 Å². The smallest absolute Gasteiger partial charge is 0.326 e. The molecular weight excluding hydrogens is 330 g/mol. The SMILES string of the molecule is CC(=O)N[C@@H](C(=O)N[C@H](Cc1ccccc1[N+](=O)[O-])C(=O)O)C(C)C. The molecule has 1 rings (SSSR count). The zero-order valence-electron chi connectivity index (χ0n) is 14.2. The fourth-order valence-corrected chi connectivity index (χ4v) is 2.30. The van der Waals surface area contributed by atoms with Crippen LogP contribution in [-0.4, -0.2) is 39.9 Å². The van der Waals surface area contributed by atoms with Gasteiger partial charge in [-0.05, 0) is 5.92 Å². The van der Waals surface area contributed by atoms with E-state index < -0.39 is 34.8 Å². The van der Waals surface area contributed by atoms with E-state index in [9.17, 15) is 29.6 Å². The first kappa shape index (κ1) is 20.1. The lowest BCUT2D eigenvalue weighted by atomic mass is 10.0. The van der Waals surface area contributed by atoms with Gasteiger partial charge in [-0.25, -0.2) is 4.79 Å². The maximum absolute atomic E-state index is 12.3. The Morgan fingerprint density at radius 1 is 1.20 bits per heavy atom. The molecular formula is C16H21N3O6. The summed E-state index contributed by atoms with van der Waals surface area (Å²) >= 11 is 0. The van der Waals surface area contributed by atoms with E-state index in [1.165, 1.54) is 25.1 Å². The Balaban J connectivity index is 2.98. The van der Waals surface area contributed by atoms with Gasteiger partial charge in [0.05, 0.1) is 4.92 Å². The van der Waals surface area contributed by atoms with Crippen LogP contribution in [0.25, 0.3) is 0 Å². The molecule has 0 bridgehead atoms. The first-order valence-corrected chi connectivity index (χ1v) is 7.66. The molecule has 25 heavy (non-hydrogen) atoms. The summed E-state index contributed by atoms with van der Waals surface area (Å²) in [6.45, 7) is 4.67. The van der Waals surface area contributed by atoms with Gasteiger partial charge in [0, 0.05) is 25.0 Å². The predicted molar refractivity (Wildman–Crippen MR) is 88.8 cm³/mol. The summed E-state index contributed by atoms with van der Waals surface area (Å²) in [5, 5.41) is 25.2. The van der Waals surface area contributed by atoms with E-state index in [4.69, 9.17) is 0 Å². The van der Waals surface area contributed by atoms with Crippen LogP contribution < -0.4 is 10.6 Å². The number of hydrogen-bond acceptors (Lipinski definition) is 5. The standard InChI is InChI=1S/C16H21N3O6/c1-9(2)14(17-10(3)20)15(21)18-12(16(22)23)8-11-6-4-5-7-13(11)19(24)25/h4-7,9,12,14H,8H2,1-3H3,(H,17,20)(H,18,21)(H,22,23)/t12-,14-/m1/s1. The summed E-state index contributed by atoms with van der Waals surface area (Å²) in [6, 6.07) is 3.48. The lowest BCUT2D eigenvalue weighted by Gasteiger charge is -2.23. The van der Waals surface area contributed by atoms with E-state index in [0.29, 0.717) is 0 Å². The van der Waals surface area contributed by atoms with Crippen molar-refractivity contribution in [1.29, 1.82) is 0 Å². The first-order chi connectivity index (χ1) is 11.6. The number of benzene rings is 1. The fraction of sp³-hybridized carbons (Fsp3) is 0.438. The second-order valence-corrected chi connectivity index (χ2v) is 5.91. The number of nitrogens with one attached hydrogen (secondary N) is 2. The van der Waals surface area contributed by atoms with E-state index in [2.05, 4.69) is 10.6 Å². The highest BCUT2D eigenvalue weighted by Gasteiger charge is 2.29. The number of para-hydroxylation sites is 1. The number of nitro benzene ring substituents is 1. The molecule has 9 heteroatoms. The highest BCUT2D eigenvalue weighted by atomic mass is 16.6. The minimum atomic E-state index is -1.36. The number of amides is 2. The Bertz CT molecular complexity index is 674. The van der Waals surface area contributed by atoms with Crippen LogP contribution in [0.4, 0.5) is 5.69 Å². The second kappa shape index (κ2) is 8.76. The number of rotatable bonds is 8. The molecule has 1 aromatic rings. The van der Waals surface area contributed by atoms with Gasteiger partial charge in [0.1, 0.15) is 12.1 Å². The number of carbonyl (C=O) groups is 3. The molecule has 0 radical (unpaired) electrons. The van der Waals surface area contributed by atoms with E-state index in [1.807, 2.05) is 0 Å². The first-order valence-electron chi connectivity index (χ1n) is 7.66. The molecule has 2 atom stereocenters. The molecule has 0 aliphatic carbocycles. The summed E-state index contributed by atoms with van der Waals surface area (Å²) < 4.78 is 0. The Morgan fingerprint density at radius 3 is 2.28 bits per heavy atom. The summed E-state index contributed by atoms with van der Waals surface area (Å²) in [5.41, 5.74) is -0.0221. The highest BCUT2D eigenvalue weighted by Crippen LogP contribution is 2.19. The number of nitrogens with zero attached hydrogens (tertiary/aromatic N) is 1. The Morgan fingerprint density at radius 2 is 1.80 bits per heavy atom. The van der Waals surface area contributed by atoms with Gasteiger partial charge in [0.25, 0.3) is 5.69 Å². The summed E-state index contributed by atoms with van der Waals surface area (Å²) in [6.07, 6.45) is -0.247. The largest absolute Gasteiger partial charge is 0.480 e. The number of nitro groups is 1. The lowest BCUT2D eigenvalue weighted by molar-refractivity contribution is -0.385. The molecule has 0 aliphatic heterocycles. The van der Waals surface area contributed by atoms with Crippen LogP contribution in [0.5, 0.6) is 0 Å². The molecule has 0 aromatic heterocycles. The van der Waals surface area contributed by atoms with E-state index >= 15 is 0 Å². The third kappa shape index (κ3) is 5.87. The number of carbonyl (C=O) groups excluding carboxylic acids is 2. The normalized spacial score (nSPS) is 13.0. The van der Waals surface area contributed by atoms with Gasteiger partial charge >= 0.3 is 5.97 Å². The molecule has 136 valence electrons. The maximum atomic E-state index is 12.3. The van der Waals surface area contributed by atoms with Crippen molar-refractivity contribution in [3.8, 4) is 0 Å². The Kier molecular flexibility index (Phi) is 7.04. The predicted octanol–water partition coefficient (Wildman–Crippen LogP) is 0.867. The number of carboxylic acid groups (broad SMARTS) is 1. The zero-order chi connectivity index (χ0) is 19.1. The van der Waals surface area contributed by atoms with Crippen LogP contribution >= 0.6 is 0 Å². The van der Waals surface area contributed by atoms with Crippen molar-refractivity contribution in [2.45, 2.75) is 39.3 Å². The van der Waals surface area contributed by atoms with Gasteiger partial charge in [-0.3, -0.25) is 19.7 Å². The molecule has 0 heterocycles. The molecule has 9 nitrogen and oxygen atoms in total. The van der Waals surface area contributed by atoms with E-state index in [-0.39, 0.29) is 23.6 Å². The lowest BCUT2D eigenvalue weighted by Crippen LogP contribution is -2.53. The Labute approximate surface area is 144 Å². The van der Waals surface area contributed by atoms with Gasteiger partial charge < -0.3 is 15.7 Å². The van der Waals surface area contributed by atoms with Crippen molar-refractivity contribution < 1.29 is 24.4 Å². The minimum absolute atomic E-state index is 0.195. The molecule has 0 saturated heterocycles. The average Bonchev–Trinajstić information content (AvgIpc) is 2.51. The van der Waals surface area contributed by atoms with E-state index in [0.717, 1.165) is 0 Å². The Hall–Kier alpha value is -2.97. The molecule has 2 amide bonds. The zero-order valence-corrected chi connectivity index (χ0v) is 14.2. The van der Waals surface area contributed by atoms with Crippen LogP contribution in [0, 0.1) is 16.0 Å². The highest BCUT2D eigenvalue weighted by molar-refractivity contribution is 5.90. The summed E-state index contributed by atoms with van der Waals surface area (Å²) in [4.78, 5) is 45.4. The molecule has 1 aromatic carbocycles. The van der Waals surface area contributed by atoms with Crippen LogP contribution in [0.1, 0.15) is 26.3 Å². The molecule has 0 unspecified atom stereocenters. The fourth-order valence-electron chi connectivity index (χ4n) is 2.30. The minimum Gasteiger partial charge on any atom is -0.480 e. The van der Waals surface area contributed by atoms with Gasteiger partial charge in [-0.15, -0.1) is 0 Å². The number of aliphatic carboxylic acids is 1. The number of hydrogen-bond donors (Lipinski definition) is 3. The van der Waals surface area contributed by atoms with Crippen molar-refractivity contribution in [2.75, 3.05) is 0 Å². The topological polar surface area (TPSA) is 139 Å². The number of carboxylic acids is 1.